The van der Waals surface area contributed by atoms with Gasteiger partial charge in [-0.1, -0.05) is 50.6 Å². The molecule has 1 aromatic carbocycles. The first kappa shape index (κ1) is 16.2. The quantitative estimate of drug-likeness (QED) is 0.774. The van der Waals surface area contributed by atoms with E-state index in [2.05, 4.69) is 64.2 Å². The lowest BCUT2D eigenvalue weighted by atomic mass is 9.93. The molecule has 0 fully saturated rings. The average molecular weight is 263 g/mol. The average Bonchev–Trinajstić information content (AvgIpc) is 2.35. The third-order valence-corrected chi connectivity index (χ3v) is 3.42. The van der Waals surface area contributed by atoms with Gasteiger partial charge in [-0.15, -0.1) is 0 Å². The number of aryl methyl sites for hydroxylation is 1. The van der Waals surface area contributed by atoms with Crippen LogP contribution in [0.15, 0.2) is 24.3 Å². The Morgan fingerprint density at radius 3 is 2.47 bits per heavy atom. The largest absolute Gasteiger partial charge is 0.377 e. The van der Waals surface area contributed by atoms with Crippen molar-refractivity contribution in [3.63, 3.8) is 0 Å². The van der Waals surface area contributed by atoms with Crippen LogP contribution in [0.1, 0.15) is 38.8 Å². The summed E-state index contributed by atoms with van der Waals surface area (Å²) in [6, 6.07) is 9.15. The Hall–Kier alpha value is -0.860. The summed E-state index contributed by atoms with van der Waals surface area (Å²) < 4.78 is 5.96. The van der Waals surface area contributed by atoms with Crippen molar-refractivity contribution < 1.29 is 4.74 Å². The van der Waals surface area contributed by atoms with Crippen molar-refractivity contribution in [2.24, 2.45) is 5.92 Å². The number of nitrogens with one attached hydrogen (secondary N) is 1. The van der Waals surface area contributed by atoms with Gasteiger partial charge in [0.15, 0.2) is 0 Å². The molecule has 0 spiro atoms. The molecule has 0 saturated heterocycles. The summed E-state index contributed by atoms with van der Waals surface area (Å²) in [6.07, 6.45) is 1.30. The van der Waals surface area contributed by atoms with Crippen LogP contribution in [0, 0.1) is 12.8 Å². The molecule has 2 nitrogen and oxygen atoms in total. The van der Waals surface area contributed by atoms with Gasteiger partial charge in [-0.05, 0) is 38.3 Å². The van der Waals surface area contributed by atoms with Gasteiger partial charge in [-0.2, -0.15) is 0 Å². The minimum absolute atomic E-state index is 0.269. The lowest BCUT2D eigenvalue weighted by Crippen LogP contribution is -2.45. The summed E-state index contributed by atoms with van der Waals surface area (Å²) in [5.74, 6) is 0.522. The third-order valence-electron chi connectivity index (χ3n) is 3.42. The Morgan fingerprint density at radius 1 is 1.21 bits per heavy atom. The van der Waals surface area contributed by atoms with Crippen LogP contribution in [0.2, 0.25) is 0 Å². The van der Waals surface area contributed by atoms with E-state index in [0.29, 0.717) is 12.0 Å². The molecule has 0 aromatic heterocycles. The minimum atomic E-state index is 0.269. The molecule has 108 valence electrons. The maximum atomic E-state index is 5.96. The Bertz CT molecular complexity index is 362. The van der Waals surface area contributed by atoms with E-state index >= 15 is 0 Å². The van der Waals surface area contributed by atoms with Gasteiger partial charge >= 0.3 is 0 Å². The third kappa shape index (κ3) is 5.33. The summed E-state index contributed by atoms with van der Waals surface area (Å²) in [5.41, 5.74) is 2.71. The van der Waals surface area contributed by atoms with Gasteiger partial charge in [0.05, 0.1) is 6.10 Å². The summed E-state index contributed by atoms with van der Waals surface area (Å²) in [4.78, 5) is 0. The van der Waals surface area contributed by atoms with Crippen LogP contribution in [-0.4, -0.2) is 25.3 Å². The van der Waals surface area contributed by atoms with Crippen LogP contribution in [0.25, 0.3) is 0 Å². The minimum Gasteiger partial charge on any atom is -0.377 e. The van der Waals surface area contributed by atoms with E-state index in [1.54, 1.807) is 0 Å². The maximum absolute atomic E-state index is 5.96. The molecule has 2 heteroatoms. The van der Waals surface area contributed by atoms with Gasteiger partial charge in [-0.3, -0.25) is 0 Å². The van der Waals surface area contributed by atoms with Gasteiger partial charge in [0, 0.05) is 12.6 Å². The van der Waals surface area contributed by atoms with Crippen molar-refractivity contribution >= 4 is 0 Å². The maximum Gasteiger partial charge on any atom is 0.0753 e. The van der Waals surface area contributed by atoms with Gasteiger partial charge < -0.3 is 10.1 Å². The van der Waals surface area contributed by atoms with Crippen LogP contribution in [0.4, 0.5) is 0 Å². The van der Waals surface area contributed by atoms with E-state index in [-0.39, 0.29) is 6.10 Å². The SMILES string of the molecule is CCNC(Cc1cccc(C)c1)C(OCC)C(C)C. The molecule has 0 aliphatic carbocycles. The van der Waals surface area contributed by atoms with Gasteiger partial charge in [0.25, 0.3) is 0 Å². The molecule has 1 aromatic rings. The predicted molar refractivity (Wildman–Crippen MR) is 82.6 cm³/mol. The smallest absolute Gasteiger partial charge is 0.0753 e. The Morgan fingerprint density at radius 2 is 1.95 bits per heavy atom. The second-order valence-corrected chi connectivity index (χ2v) is 5.52. The molecule has 0 bridgehead atoms. The molecular formula is C17H29NO. The number of rotatable bonds is 8. The van der Waals surface area contributed by atoms with Crippen LogP contribution in [0.5, 0.6) is 0 Å². The Balaban J connectivity index is 2.80. The van der Waals surface area contributed by atoms with Crippen molar-refractivity contribution in [3.05, 3.63) is 35.4 Å². The number of likely N-dealkylation sites (N-methyl/N-ethyl adjacent to an activating group) is 1. The molecule has 1 N–H and O–H groups in total. The fraction of sp³-hybridized carbons (Fsp3) is 0.647. The van der Waals surface area contributed by atoms with Gasteiger partial charge in [0.2, 0.25) is 0 Å². The van der Waals surface area contributed by atoms with E-state index in [1.807, 2.05) is 0 Å². The highest BCUT2D eigenvalue weighted by Crippen LogP contribution is 2.16. The summed E-state index contributed by atoms with van der Waals surface area (Å²) in [6.45, 7) is 12.6. The zero-order chi connectivity index (χ0) is 14.3. The second-order valence-electron chi connectivity index (χ2n) is 5.52. The normalized spacial score (nSPS) is 14.6. The van der Waals surface area contributed by atoms with Gasteiger partial charge in [0.1, 0.15) is 0 Å². The van der Waals surface area contributed by atoms with Crippen LogP contribution < -0.4 is 5.32 Å². The highest BCUT2D eigenvalue weighted by Gasteiger charge is 2.24. The predicted octanol–water partition coefficient (Wildman–Crippen LogP) is 3.58. The molecule has 0 aliphatic heterocycles. The van der Waals surface area contributed by atoms with Crippen molar-refractivity contribution in [2.45, 2.75) is 53.2 Å². The van der Waals surface area contributed by atoms with Crippen molar-refractivity contribution in [1.82, 2.24) is 5.32 Å². The fourth-order valence-electron chi connectivity index (χ4n) is 2.63. The molecule has 19 heavy (non-hydrogen) atoms. The van der Waals surface area contributed by atoms with E-state index in [9.17, 15) is 0 Å². The zero-order valence-corrected chi connectivity index (χ0v) is 13.1. The number of hydrogen-bond acceptors (Lipinski definition) is 2. The lowest BCUT2D eigenvalue weighted by Gasteiger charge is -2.31. The molecule has 2 unspecified atom stereocenters. The molecule has 0 radical (unpaired) electrons. The van der Waals surface area contributed by atoms with Crippen molar-refractivity contribution in [3.8, 4) is 0 Å². The summed E-state index contributed by atoms with van der Waals surface area (Å²) in [7, 11) is 0. The topological polar surface area (TPSA) is 21.3 Å². The zero-order valence-electron chi connectivity index (χ0n) is 13.1. The Labute approximate surface area is 118 Å². The van der Waals surface area contributed by atoms with Crippen LogP contribution in [0.3, 0.4) is 0 Å². The van der Waals surface area contributed by atoms with Crippen molar-refractivity contribution in [1.29, 1.82) is 0 Å². The number of ether oxygens (including phenoxy) is 1. The first-order valence-electron chi connectivity index (χ1n) is 7.49. The second kappa shape index (κ2) is 8.34. The molecule has 0 amide bonds. The monoisotopic (exact) mass is 263 g/mol. The molecule has 2 atom stereocenters. The molecule has 0 heterocycles. The number of benzene rings is 1. The number of hydrogen-bond donors (Lipinski definition) is 1. The lowest BCUT2D eigenvalue weighted by molar-refractivity contribution is 0.00395. The fourth-order valence-corrected chi connectivity index (χ4v) is 2.63. The first-order valence-corrected chi connectivity index (χ1v) is 7.49. The van der Waals surface area contributed by atoms with E-state index in [1.165, 1.54) is 11.1 Å². The van der Waals surface area contributed by atoms with Crippen LogP contribution in [-0.2, 0) is 11.2 Å². The highest BCUT2D eigenvalue weighted by atomic mass is 16.5. The standard InChI is InChI=1S/C17H29NO/c1-6-18-16(17(13(3)4)19-7-2)12-15-10-8-9-14(5)11-15/h8-11,13,16-18H,6-7,12H2,1-5H3. The molecule has 0 aliphatic rings. The summed E-state index contributed by atoms with van der Waals surface area (Å²) >= 11 is 0. The summed E-state index contributed by atoms with van der Waals surface area (Å²) in [5, 5.41) is 3.59. The Kier molecular flexibility index (Phi) is 7.11. The molecular weight excluding hydrogens is 234 g/mol. The van der Waals surface area contributed by atoms with Crippen molar-refractivity contribution in [2.75, 3.05) is 13.2 Å². The van der Waals surface area contributed by atoms with E-state index in [4.69, 9.17) is 4.74 Å². The first-order chi connectivity index (χ1) is 9.08. The van der Waals surface area contributed by atoms with E-state index in [0.717, 1.165) is 19.6 Å². The molecule has 1 rings (SSSR count). The highest BCUT2D eigenvalue weighted by molar-refractivity contribution is 5.23. The van der Waals surface area contributed by atoms with E-state index < -0.39 is 0 Å². The molecule has 0 saturated carbocycles. The van der Waals surface area contributed by atoms with Crippen LogP contribution >= 0.6 is 0 Å². The van der Waals surface area contributed by atoms with Gasteiger partial charge in [-0.25, -0.2) is 0 Å².